The zero-order chi connectivity index (χ0) is 6.97. The third-order valence-corrected chi connectivity index (χ3v) is 3.02. The molecule has 1 saturated carbocycles. The zero-order valence-corrected chi connectivity index (χ0v) is 6.68. The fraction of sp³-hybridized carbons (Fsp3) is 1.00. The molecule has 0 aromatic rings. The summed E-state index contributed by atoms with van der Waals surface area (Å²) in [5.41, 5.74) is 0. The van der Waals surface area contributed by atoms with E-state index < -0.39 is 0 Å². The van der Waals surface area contributed by atoms with Crippen LogP contribution in [0.1, 0.15) is 32.6 Å². The number of ether oxygens (including phenoxy) is 1. The van der Waals surface area contributed by atoms with Crippen LogP contribution in [0.3, 0.4) is 0 Å². The summed E-state index contributed by atoms with van der Waals surface area (Å²) in [4.78, 5) is 0. The van der Waals surface area contributed by atoms with E-state index >= 15 is 0 Å². The lowest BCUT2D eigenvalue weighted by Gasteiger charge is -2.35. The second-order valence-electron chi connectivity index (χ2n) is 3.89. The molecule has 2 rings (SSSR count). The molecule has 3 unspecified atom stereocenters. The first-order valence-corrected chi connectivity index (χ1v) is 4.48. The second kappa shape index (κ2) is 2.54. The molecule has 1 heterocycles. The zero-order valence-electron chi connectivity index (χ0n) is 6.68. The molecule has 1 aliphatic carbocycles. The summed E-state index contributed by atoms with van der Waals surface area (Å²) in [5, 5.41) is 0. The van der Waals surface area contributed by atoms with Gasteiger partial charge in [0, 0.05) is 5.92 Å². The Bertz CT molecular complexity index is 108. The van der Waals surface area contributed by atoms with Crippen LogP contribution < -0.4 is 0 Å². The van der Waals surface area contributed by atoms with Gasteiger partial charge in [-0.3, -0.25) is 0 Å². The van der Waals surface area contributed by atoms with Gasteiger partial charge in [0.15, 0.2) is 0 Å². The summed E-state index contributed by atoms with van der Waals surface area (Å²) >= 11 is 0. The van der Waals surface area contributed by atoms with Crippen molar-refractivity contribution in [3.8, 4) is 0 Å². The first-order valence-electron chi connectivity index (χ1n) is 4.48. The minimum atomic E-state index is 0.657. The molecule has 58 valence electrons. The lowest BCUT2D eigenvalue weighted by atomic mass is 9.93. The highest BCUT2D eigenvalue weighted by Crippen LogP contribution is 2.35. The van der Waals surface area contributed by atoms with Crippen molar-refractivity contribution in [1.29, 1.82) is 0 Å². The van der Waals surface area contributed by atoms with E-state index in [0.29, 0.717) is 6.10 Å². The van der Waals surface area contributed by atoms with Gasteiger partial charge in [-0.1, -0.05) is 13.3 Å². The SMILES string of the molecule is CC1CCC2COC2CC1. The predicted octanol–water partition coefficient (Wildman–Crippen LogP) is 2.21. The van der Waals surface area contributed by atoms with Gasteiger partial charge < -0.3 is 4.74 Å². The van der Waals surface area contributed by atoms with Crippen LogP contribution in [0.25, 0.3) is 0 Å². The molecule has 2 aliphatic rings. The Morgan fingerprint density at radius 1 is 1.10 bits per heavy atom. The maximum Gasteiger partial charge on any atom is 0.0625 e. The highest BCUT2D eigenvalue weighted by atomic mass is 16.5. The Morgan fingerprint density at radius 3 is 2.60 bits per heavy atom. The van der Waals surface area contributed by atoms with E-state index in [1.165, 1.54) is 25.7 Å². The van der Waals surface area contributed by atoms with Crippen LogP contribution in [0.5, 0.6) is 0 Å². The predicted molar refractivity (Wildman–Crippen MR) is 40.9 cm³/mol. The van der Waals surface area contributed by atoms with Crippen LogP contribution in [0.15, 0.2) is 0 Å². The van der Waals surface area contributed by atoms with Crippen molar-refractivity contribution in [1.82, 2.24) is 0 Å². The van der Waals surface area contributed by atoms with Crippen molar-refractivity contribution >= 4 is 0 Å². The maximum atomic E-state index is 5.46. The Kier molecular flexibility index (Phi) is 1.69. The molecule has 0 bridgehead atoms. The van der Waals surface area contributed by atoms with Crippen LogP contribution in [-0.2, 0) is 4.74 Å². The fourth-order valence-corrected chi connectivity index (χ4v) is 2.05. The van der Waals surface area contributed by atoms with Gasteiger partial charge in [0.1, 0.15) is 0 Å². The van der Waals surface area contributed by atoms with Gasteiger partial charge in [0.25, 0.3) is 0 Å². The Morgan fingerprint density at radius 2 is 1.90 bits per heavy atom. The molecule has 1 nitrogen and oxygen atoms in total. The summed E-state index contributed by atoms with van der Waals surface area (Å²) in [7, 11) is 0. The Labute approximate surface area is 62.8 Å². The average Bonchev–Trinajstić information content (AvgIpc) is 1.94. The first kappa shape index (κ1) is 6.66. The largest absolute Gasteiger partial charge is 0.377 e. The lowest BCUT2D eigenvalue weighted by Crippen LogP contribution is -2.38. The molecule has 0 aromatic heterocycles. The van der Waals surface area contributed by atoms with Crippen molar-refractivity contribution in [3.63, 3.8) is 0 Å². The van der Waals surface area contributed by atoms with Crippen LogP contribution in [0.2, 0.25) is 0 Å². The van der Waals surface area contributed by atoms with E-state index in [1.54, 1.807) is 0 Å². The van der Waals surface area contributed by atoms with Crippen molar-refractivity contribution in [3.05, 3.63) is 0 Å². The van der Waals surface area contributed by atoms with Crippen LogP contribution in [0, 0.1) is 11.8 Å². The van der Waals surface area contributed by atoms with Crippen LogP contribution in [0.4, 0.5) is 0 Å². The normalized spacial score (nSPS) is 47.1. The Balaban J connectivity index is 1.91. The van der Waals surface area contributed by atoms with Gasteiger partial charge in [-0.25, -0.2) is 0 Å². The van der Waals surface area contributed by atoms with E-state index in [4.69, 9.17) is 4.74 Å². The molecule has 1 heteroatoms. The second-order valence-corrected chi connectivity index (χ2v) is 3.89. The molecule has 0 radical (unpaired) electrons. The molecule has 0 spiro atoms. The molecule has 2 fully saturated rings. The quantitative estimate of drug-likeness (QED) is 0.501. The lowest BCUT2D eigenvalue weighted by molar-refractivity contribution is -0.116. The van der Waals surface area contributed by atoms with Gasteiger partial charge in [-0.15, -0.1) is 0 Å². The molecular weight excluding hydrogens is 124 g/mol. The third-order valence-electron chi connectivity index (χ3n) is 3.02. The summed E-state index contributed by atoms with van der Waals surface area (Å²) in [6.45, 7) is 3.42. The first-order chi connectivity index (χ1) is 4.86. The van der Waals surface area contributed by atoms with Crippen molar-refractivity contribution in [2.24, 2.45) is 11.8 Å². The minimum absolute atomic E-state index is 0.657. The molecule has 0 amide bonds. The molecule has 1 saturated heterocycles. The molecular formula is C9H16O. The Hall–Kier alpha value is -0.0400. The fourth-order valence-electron chi connectivity index (χ4n) is 2.05. The topological polar surface area (TPSA) is 9.23 Å². The molecule has 3 atom stereocenters. The standard InChI is InChI=1S/C9H16O/c1-7-2-4-8-6-10-9(8)5-3-7/h7-9H,2-6H2,1H3. The molecule has 0 aromatic carbocycles. The molecule has 1 aliphatic heterocycles. The van der Waals surface area contributed by atoms with Gasteiger partial charge in [0.05, 0.1) is 12.7 Å². The van der Waals surface area contributed by atoms with Crippen molar-refractivity contribution in [2.75, 3.05) is 6.61 Å². The van der Waals surface area contributed by atoms with Gasteiger partial charge in [-0.05, 0) is 25.2 Å². The highest BCUT2D eigenvalue weighted by molar-refractivity contribution is 4.82. The maximum absolute atomic E-state index is 5.46. The summed E-state index contributed by atoms with van der Waals surface area (Å²) in [6, 6.07) is 0. The van der Waals surface area contributed by atoms with Crippen LogP contribution in [-0.4, -0.2) is 12.7 Å². The molecule has 0 N–H and O–H groups in total. The van der Waals surface area contributed by atoms with Crippen molar-refractivity contribution in [2.45, 2.75) is 38.7 Å². The summed E-state index contributed by atoms with van der Waals surface area (Å²) in [5.74, 6) is 1.89. The third kappa shape index (κ3) is 1.07. The average molecular weight is 140 g/mol. The summed E-state index contributed by atoms with van der Waals surface area (Å²) < 4.78 is 5.46. The van der Waals surface area contributed by atoms with Gasteiger partial charge in [-0.2, -0.15) is 0 Å². The van der Waals surface area contributed by atoms with E-state index in [2.05, 4.69) is 6.92 Å². The highest BCUT2D eigenvalue weighted by Gasteiger charge is 2.33. The van der Waals surface area contributed by atoms with Gasteiger partial charge in [0.2, 0.25) is 0 Å². The van der Waals surface area contributed by atoms with E-state index in [-0.39, 0.29) is 0 Å². The number of hydrogen-bond donors (Lipinski definition) is 0. The monoisotopic (exact) mass is 140 g/mol. The number of fused-ring (bicyclic) bond motifs is 1. The van der Waals surface area contributed by atoms with Crippen LogP contribution >= 0.6 is 0 Å². The van der Waals surface area contributed by atoms with Crippen molar-refractivity contribution < 1.29 is 4.74 Å². The van der Waals surface area contributed by atoms with E-state index in [0.717, 1.165) is 18.4 Å². The number of rotatable bonds is 0. The van der Waals surface area contributed by atoms with E-state index in [1.807, 2.05) is 0 Å². The minimum Gasteiger partial charge on any atom is -0.377 e. The van der Waals surface area contributed by atoms with E-state index in [9.17, 15) is 0 Å². The smallest absolute Gasteiger partial charge is 0.0625 e. The number of hydrogen-bond acceptors (Lipinski definition) is 1. The van der Waals surface area contributed by atoms with Gasteiger partial charge >= 0.3 is 0 Å². The molecule has 10 heavy (non-hydrogen) atoms. The summed E-state index contributed by atoms with van der Waals surface area (Å²) in [6.07, 6.45) is 6.23.